The summed E-state index contributed by atoms with van der Waals surface area (Å²) < 4.78 is 10.8. The van der Waals surface area contributed by atoms with Crippen molar-refractivity contribution < 1.29 is 9.15 Å². The molecule has 0 unspecified atom stereocenters. The van der Waals surface area contributed by atoms with Crippen LogP contribution in [-0.4, -0.2) is 57.3 Å². The van der Waals surface area contributed by atoms with Crippen LogP contribution in [0.25, 0.3) is 0 Å². The lowest BCUT2D eigenvalue weighted by atomic mass is 9.88. The molecule has 0 saturated carbocycles. The first-order chi connectivity index (χ1) is 10.2. The second-order valence-corrected chi connectivity index (χ2v) is 5.59. The Morgan fingerprint density at radius 2 is 2.05 bits per heavy atom. The number of nitrogens with one attached hydrogen (secondary N) is 2. The Labute approximate surface area is 149 Å². The Hall–Kier alpha value is -0.800. The van der Waals surface area contributed by atoms with E-state index in [1.165, 1.54) is 0 Å². The largest absolute Gasteiger partial charge is 0.467 e. The smallest absolute Gasteiger partial charge is 0.191 e. The van der Waals surface area contributed by atoms with Gasteiger partial charge in [0.2, 0.25) is 0 Å². The van der Waals surface area contributed by atoms with Gasteiger partial charge in [0.25, 0.3) is 0 Å². The van der Waals surface area contributed by atoms with Gasteiger partial charge in [-0.25, -0.2) is 0 Å². The first-order valence-electron chi connectivity index (χ1n) is 7.38. The highest BCUT2D eigenvalue weighted by molar-refractivity contribution is 14.0. The lowest BCUT2D eigenvalue weighted by Crippen LogP contribution is -2.57. The SMILES string of the molecule is CN=C(NCc1ccco1)NCC1(N(C)C)CCOCC1.I. The maximum atomic E-state index is 5.49. The van der Waals surface area contributed by atoms with E-state index in [1.54, 1.807) is 13.3 Å². The molecule has 7 heteroatoms. The Morgan fingerprint density at radius 3 is 2.59 bits per heavy atom. The van der Waals surface area contributed by atoms with Gasteiger partial charge in [-0.3, -0.25) is 4.99 Å². The zero-order chi connectivity index (χ0) is 15.1. The van der Waals surface area contributed by atoms with Crippen molar-refractivity contribution in [2.75, 3.05) is 40.9 Å². The fourth-order valence-electron chi connectivity index (χ4n) is 2.59. The van der Waals surface area contributed by atoms with Gasteiger partial charge in [0.15, 0.2) is 5.96 Å². The second kappa shape index (κ2) is 9.36. The fraction of sp³-hybridized carbons (Fsp3) is 0.667. The molecule has 6 nitrogen and oxygen atoms in total. The van der Waals surface area contributed by atoms with Crippen molar-refractivity contribution in [1.82, 2.24) is 15.5 Å². The molecule has 1 aliphatic rings. The highest BCUT2D eigenvalue weighted by Crippen LogP contribution is 2.24. The molecule has 126 valence electrons. The molecule has 0 amide bonds. The maximum absolute atomic E-state index is 5.49. The summed E-state index contributed by atoms with van der Waals surface area (Å²) >= 11 is 0. The lowest BCUT2D eigenvalue weighted by molar-refractivity contribution is -0.00501. The summed E-state index contributed by atoms with van der Waals surface area (Å²) in [4.78, 5) is 6.56. The second-order valence-electron chi connectivity index (χ2n) is 5.59. The summed E-state index contributed by atoms with van der Waals surface area (Å²) in [5.41, 5.74) is 0.126. The molecule has 0 spiro atoms. The quantitative estimate of drug-likeness (QED) is 0.430. The van der Waals surface area contributed by atoms with Crippen LogP contribution in [0.1, 0.15) is 18.6 Å². The zero-order valence-corrected chi connectivity index (χ0v) is 15.9. The molecule has 0 aromatic carbocycles. The summed E-state index contributed by atoms with van der Waals surface area (Å²) in [6.07, 6.45) is 3.74. The molecule has 22 heavy (non-hydrogen) atoms. The van der Waals surface area contributed by atoms with Crippen LogP contribution in [0.15, 0.2) is 27.8 Å². The van der Waals surface area contributed by atoms with E-state index in [-0.39, 0.29) is 29.5 Å². The number of halogens is 1. The molecule has 1 saturated heterocycles. The van der Waals surface area contributed by atoms with Crippen molar-refractivity contribution in [2.24, 2.45) is 4.99 Å². The highest BCUT2D eigenvalue weighted by atomic mass is 127. The minimum atomic E-state index is 0. The molecule has 1 aliphatic heterocycles. The monoisotopic (exact) mass is 422 g/mol. The predicted octanol–water partition coefficient (Wildman–Crippen LogP) is 1.67. The van der Waals surface area contributed by atoms with Crippen molar-refractivity contribution in [2.45, 2.75) is 24.9 Å². The van der Waals surface area contributed by atoms with E-state index in [4.69, 9.17) is 9.15 Å². The van der Waals surface area contributed by atoms with Crippen LogP contribution < -0.4 is 10.6 Å². The number of likely N-dealkylation sites (N-methyl/N-ethyl adjacent to an activating group) is 1. The molecule has 0 radical (unpaired) electrons. The highest BCUT2D eigenvalue weighted by Gasteiger charge is 2.34. The Balaban J connectivity index is 0.00000242. The molecule has 1 fully saturated rings. The number of aliphatic imine (C=N–C) groups is 1. The van der Waals surface area contributed by atoms with E-state index in [9.17, 15) is 0 Å². The van der Waals surface area contributed by atoms with Gasteiger partial charge in [0.05, 0.1) is 12.8 Å². The summed E-state index contributed by atoms with van der Waals surface area (Å²) in [5, 5.41) is 6.69. The van der Waals surface area contributed by atoms with Gasteiger partial charge in [0, 0.05) is 32.3 Å². The number of rotatable bonds is 5. The van der Waals surface area contributed by atoms with Gasteiger partial charge < -0.3 is 24.7 Å². The van der Waals surface area contributed by atoms with Gasteiger partial charge in [0.1, 0.15) is 5.76 Å². The normalized spacial score (nSPS) is 17.9. The minimum absolute atomic E-state index is 0. The van der Waals surface area contributed by atoms with Gasteiger partial charge in [-0.15, -0.1) is 24.0 Å². The summed E-state index contributed by atoms with van der Waals surface area (Å²) in [7, 11) is 6.04. The van der Waals surface area contributed by atoms with E-state index < -0.39 is 0 Å². The van der Waals surface area contributed by atoms with Crippen LogP contribution in [-0.2, 0) is 11.3 Å². The molecule has 0 bridgehead atoms. The number of hydrogen-bond acceptors (Lipinski definition) is 4. The van der Waals surface area contributed by atoms with Crippen molar-refractivity contribution in [3.05, 3.63) is 24.2 Å². The Kier molecular flexibility index (Phi) is 8.19. The van der Waals surface area contributed by atoms with E-state index >= 15 is 0 Å². The first kappa shape index (κ1) is 19.2. The van der Waals surface area contributed by atoms with Crippen LogP contribution in [0.4, 0.5) is 0 Å². The number of nitrogens with zero attached hydrogens (tertiary/aromatic N) is 2. The summed E-state index contributed by atoms with van der Waals surface area (Å²) in [5.74, 6) is 1.69. The fourth-order valence-corrected chi connectivity index (χ4v) is 2.59. The molecule has 1 aromatic heterocycles. The van der Waals surface area contributed by atoms with E-state index in [0.29, 0.717) is 6.54 Å². The topological polar surface area (TPSA) is 62.0 Å². The zero-order valence-electron chi connectivity index (χ0n) is 13.6. The molecule has 2 rings (SSSR count). The third-order valence-corrected chi connectivity index (χ3v) is 4.19. The average molecular weight is 422 g/mol. The maximum Gasteiger partial charge on any atom is 0.191 e. The predicted molar refractivity (Wildman–Crippen MR) is 98.8 cm³/mol. The molecule has 2 N–H and O–H groups in total. The van der Waals surface area contributed by atoms with E-state index in [0.717, 1.165) is 44.3 Å². The van der Waals surface area contributed by atoms with E-state index in [1.807, 2.05) is 12.1 Å². The summed E-state index contributed by atoms with van der Waals surface area (Å²) in [6.45, 7) is 3.11. The number of ether oxygens (including phenoxy) is 1. The third kappa shape index (κ3) is 5.13. The van der Waals surface area contributed by atoms with Gasteiger partial charge in [-0.1, -0.05) is 0 Å². The third-order valence-electron chi connectivity index (χ3n) is 4.19. The average Bonchev–Trinajstić information content (AvgIpc) is 3.01. The van der Waals surface area contributed by atoms with Gasteiger partial charge in [-0.05, 0) is 39.1 Å². The van der Waals surface area contributed by atoms with Crippen LogP contribution in [0.5, 0.6) is 0 Å². The number of guanidine groups is 1. The molecular weight excluding hydrogens is 395 g/mol. The molecule has 1 aromatic rings. The van der Waals surface area contributed by atoms with Crippen LogP contribution in [0, 0.1) is 0 Å². The van der Waals surface area contributed by atoms with Crippen molar-refractivity contribution in [3.8, 4) is 0 Å². The van der Waals surface area contributed by atoms with Crippen LogP contribution >= 0.6 is 24.0 Å². The standard InChI is InChI=1S/C15H26N4O2.HI/c1-16-14(17-11-13-5-4-8-21-13)18-12-15(19(2)3)6-9-20-10-7-15;/h4-5,8H,6-7,9-12H2,1-3H3,(H2,16,17,18);1H. The van der Waals surface area contributed by atoms with Crippen molar-refractivity contribution in [3.63, 3.8) is 0 Å². The van der Waals surface area contributed by atoms with Gasteiger partial charge >= 0.3 is 0 Å². The Morgan fingerprint density at radius 1 is 1.32 bits per heavy atom. The van der Waals surface area contributed by atoms with Crippen molar-refractivity contribution >= 4 is 29.9 Å². The summed E-state index contributed by atoms with van der Waals surface area (Å²) in [6, 6.07) is 3.83. The Bertz CT molecular complexity index is 442. The van der Waals surface area contributed by atoms with Crippen LogP contribution in [0.3, 0.4) is 0 Å². The molecule has 0 atom stereocenters. The van der Waals surface area contributed by atoms with Gasteiger partial charge in [-0.2, -0.15) is 0 Å². The minimum Gasteiger partial charge on any atom is -0.467 e. The molecule has 2 heterocycles. The molecular formula is C15H27IN4O2. The van der Waals surface area contributed by atoms with Crippen LogP contribution in [0.2, 0.25) is 0 Å². The van der Waals surface area contributed by atoms with Crippen molar-refractivity contribution in [1.29, 1.82) is 0 Å². The molecule has 0 aliphatic carbocycles. The number of hydrogen-bond donors (Lipinski definition) is 2. The number of furan rings is 1. The first-order valence-corrected chi connectivity index (χ1v) is 7.38. The lowest BCUT2D eigenvalue weighted by Gasteiger charge is -2.43. The van der Waals surface area contributed by atoms with E-state index in [2.05, 4.69) is 34.6 Å².